The van der Waals surface area contributed by atoms with Crippen LogP contribution in [-0.2, 0) is 4.79 Å². The Labute approximate surface area is 177 Å². The lowest BCUT2D eigenvalue weighted by atomic mass is 10.0. The van der Waals surface area contributed by atoms with Gasteiger partial charge in [-0.25, -0.2) is 9.97 Å². The smallest absolute Gasteiger partial charge is 0.242 e. The van der Waals surface area contributed by atoms with Gasteiger partial charge in [-0.2, -0.15) is 0 Å². The molecule has 8 heteroatoms. The molecule has 5 rings (SSSR count). The molecule has 0 spiro atoms. The van der Waals surface area contributed by atoms with E-state index in [0.717, 1.165) is 28.2 Å². The number of aromatic nitrogens is 4. The lowest BCUT2D eigenvalue weighted by Crippen LogP contribution is -2.38. The minimum absolute atomic E-state index is 0.0786. The van der Waals surface area contributed by atoms with Gasteiger partial charge >= 0.3 is 0 Å². The molecule has 1 aliphatic heterocycles. The number of imidazole rings is 1. The Morgan fingerprint density at radius 1 is 1.17 bits per heavy atom. The molecule has 0 bridgehead atoms. The van der Waals surface area contributed by atoms with Crippen molar-refractivity contribution in [2.75, 3.05) is 23.9 Å². The van der Waals surface area contributed by atoms with Gasteiger partial charge in [-0.3, -0.25) is 14.2 Å². The summed E-state index contributed by atoms with van der Waals surface area (Å²) in [6.07, 6.45) is 5.42. The quantitative estimate of drug-likeness (QED) is 0.473. The van der Waals surface area contributed by atoms with Crippen molar-refractivity contribution in [3.63, 3.8) is 0 Å². The highest BCUT2D eigenvalue weighted by molar-refractivity contribution is 6.29. The summed E-state index contributed by atoms with van der Waals surface area (Å²) in [6, 6.07) is 11.6. The second kappa shape index (κ2) is 7.42. The number of amides is 1. The first-order valence-corrected chi connectivity index (χ1v) is 10.1. The highest BCUT2D eigenvalue weighted by Gasteiger charge is 2.25. The monoisotopic (exact) mass is 419 g/mol. The van der Waals surface area contributed by atoms with Crippen molar-refractivity contribution in [1.29, 1.82) is 0 Å². The van der Waals surface area contributed by atoms with E-state index in [1.54, 1.807) is 17.3 Å². The third-order valence-corrected chi connectivity index (χ3v) is 5.31. The third-order valence-electron chi connectivity index (χ3n) is 5.08. The molecule has 0 N–H and O–H groups in total. The van der Waals surface area contributed by atoms with Crippen LogP contribution in [0.3, 0.4) is 0 Å². The number of hydrogen-bond acceptors (Lipinski definition) is 5. The zero-order chi connectivity index (χ0) is 20.7. The maximum Gasteiger partial charge on any atom is 0.242 e. The molecule has 150 valence electrons. The van der Waals surface area contributed by atoms with E-state index in [0.29, 0.717) is 30.4 Å². The SMILES string of the molecule is Cc1cc(-c2nc3ncccn3c2-c2ccc3c(c2)N(C(=O)CCl)CCO3)ccn1. The van der Waals surface area contributed by atoms with Crippen LogP contribution in [-0.4, -0.2) is 44.3 Å². The highest BCUT2D eigenvalue weighted by atomic mass is 35.5. The fraction of sp³-hybridized carbons (Fsp3) is 0.182. The summed E-state index contributed by atoms with van der Waals surface area (Å²) in [6.45, 7) is 2.85. The molecular weight excluding hydrogens is 402 g/mol. The highest BCUT2D eigenvalue weighted by Crippen LogP contribution is 2.39. The van der Waals surface area contributed by atoms with E-state index < -0.39 is 0 Å². The summed E-state index contributed by atoms with van der Waals surface area (Å²) in [5.74, 6) is 1.03. The van der Waals surface area contributed by atoms with E-state index >= 15 is 0 Å². The van der Waals surface area contributed by atoms with Crippen molar-refractivity contribution in [1.82, 2.24) is 19.4 Å². The van der Waals surface area contributed by atoms with E-state index in [1.165, 1.54) is 0 Å². The summed E-state index contributed by atoms with van der Waals surface area (Å²) in [7, 11) is 0. The lowest BCUT2D eigenvalue weighted by molar-refractivity contribution is -0.116. The van der Waals surface area contributed by atoms with Gasteiger partial charge in [-0.05, 0) is 43.3 Å². The summed E-state index contributed by atoms with van der Waals surface area (Å²) in [5.41, 5.74) is 5.14. The fourth-order valence-corrected chi connectivity index (χ4v) is 3.90. The number of pyridine rings is 1. The number of ether oxygens (including phenoxy) is 1. The van der Waals surface area contributed by atoms with Crippen molar-refractivity contribution < 1.29 is 9.53 Å². The van der Waals surface area contributed by atoms with Crippen LogP contribution in [0.4, 0.5) is 5.69 Å². The van der Waals surface area contributed by atoms with Crippen molar-refractivity contribution in [3.05, 3.63) is 60.7 Å². The van der Waals surface area contributed by atoms with Crippen molar-refractivity contribution in [2.45, 2.75) is 6.92 Å². The molecule has 0 atom stereocenters. The second-order valence-electron chi connectivity index (χ2n) is 6.99. The number of anilines is 1. The molecule has 0 radical (unpaired) electrons. The Kier molecular flexibility index (Phi) is 4.59. The predicted molar refractivity (Wildman–Crippen MR) is 115 cm³/mol. The molecule has 4 aromatic rings. The molecule has 30 heavy (non-hydrogen) atoms. The average molecular weight is 420 g/mol. The summed E-state index contributed by atoms with van der Waals surface area (Å²) in [5, 5.41) is 0. The van der Waals surface area contributed by atoms with E-state index in [1.807, 2.05) is 53.9 Å². The first-order chi connectivity index (χ1) is 14.7. The van der Waals surface area contributed by atoms with Gasteiger partial charge in [0.25, 0.3) is 0 Å². The van der Waals surface area contributed by atoms with E-state index in [4.69, 9.17) is 21.3 Å². The first kappa shape index (κ1) is 18.6. The number of nitrogens with zero attached hydrogens (tertiary/aromatic N) is 5. The standard InChI is InChI=1S/C22H18ClN5O2/c1-14-11-15(5-7-24-14)20-21(28-8-2-6-25-22(28)26-20)16-3-4-18-17(12-16)27(9-10-30-18)19(29)13-23/h2-8,11-12H,9-10,13H2,1H3. The maximum absolute atomic E-state index is 12.4. The van der Waals surface area contributed by atoms with Gasteiger partial charge in [0, 0.05) is 35.4 Å². The molecular formula is C22H18ClN5O2. The molecule has 1 aromatic carbocycles. The number of carbonyl (C=O) groups excluding carboxylic acids is 1. The van der Waals surface area contributed by atoms with Gasteiger partial charge in [-0.1, -0.05) is 0 Å². The van der Waals surface area contributed by atoms with Crippen molar-refractivity contribution >= 4 is 29.0 Å². The van der Waals surface area contributed by atoms with E-state index in [2.05, 4.69) is 9.97 Å². The summed E-state index contributed by atoms with van der Waals surface area (Å²) < 4.78 is 7.71. The number of halogens is 1. The van der Waals surface area contributed by atoms with Crippen LogP contribution in [0.2, 0.25) is 0 Å². The number of carbonyl (C=O) groups is 1. The van der Waals surface area contributed by atoms with Crippen molar-refractivity contribution in [3.8, 4) is 28.3 Å². The molecule has 7 nitrogen and oxygen atoms in total. The Bertz CT molecular complexity index is 1270. The van der Waals surface area contributed by atoms with Crippen LogP contribution in [0.1, 0.15) is 5.69 Å². The number of alkyl halides is 1. The number of fused-ring (bicyclic) bond motifs is 2. The minimum atomic E-state index is -0.150. The van der Waals surface area contributed by atoms with Crippen LogP contribution in [0, 0.1) is 6.92 Å². The fourth-order valence-electron chi connectivity index (χ4n) is 3.75. The molecule has 0 aliphatic carbocycles. The van der Waals surface area contributed by atoms with Crippen molar-refractivity contribution in [2.24, 2.45) is 0 Å². The number of rotatable bonds is 3. The van der Waals surface area contributed by atoms with Crippen LogP contribution in [0.25, 0.3) is 28.3 Å². The Hall–Kier alpha value is -3.45. The molecule has 0 saturated heterocycles. The van der Waals surface area contributed by atoms with Crippen LogP contribution < -0.4 is 9.64 Å². The summed E-state index contributed by atoms with van der Waals surface area (Å²) >= 11 is 5.83. The normalized spacial score (nSPS) is 13.2. The van der Waals surface area contributed by atoms with Gasteiger partial charge in [0.1, 0.15) is 18.2 Å². The first-order valence-electron chi connectivity index (χ1n) is 9.55. The number of benzene rings is 1. The van der Waals surface area contributed by atoms with Crippen LogP contribution in [0.5, 0.6) is 5.75 Å². The Morgan fingerprint density at radius 3 is 2.90 bits per heavy atom. The van der Waals surface area contributed by atoms with Gasteiger partial charge in [-0.15, -0.1) is 11.6 Å². The number of aryl methyl sites for hydroxylation is 1. The Balaban J connectivity index is 1.74. The van der Waals surface area contributed by atoms with E-state index in [-0.39, 0.29) is 11.8 Å². The molecule has 0 unspecified atom stereocenters. The zero-order valence-corrected chi connectivity index (χ0v) is 17.0. The Morgan fingerprint density at radius 2 is 2.07 bits per heavy atom. The molecule has 1 aliphatic rings. The third kappa shape index (κ3) is 3.07. The molecule has 4 heterocycles. The lowest BCUT2D eigenvalue weighted by Gasteiger charge is -2.29. The molecule has 1 amide bonds. The topological polar surface area (TPSA) is 72.6 Å². The molecule has 0 saturated carbocycles. The molecule has 3 aromatic heterocycles. The number of hydrogen-bond donors (Lipinski definition) is 0. The van der Waals surface area contributed by atoms with Gasteiger partial charge in [0.05, 0.1) is 23.6 Å². The van der Waals surface area contributed by atoms with Gasteiger partial charge in [0.2, 0.25) is 11.7 Å². The largest absolute Gasteiger partial charge is 0.490 e. The zero-order valence-electron chi connectivity index (χ0n) is 16.2. The molecule has 0 fully saturated rings. The van der Waals surface area contributed by atoms with Gasteiger partial charge in [0.15, 0.2) is 0 Å². The van der Waals surface area contributed by atoms with Crippen LogP contribution in [0.15, 0.2) is 55.0 Å². The predicted octanol–water partition coefficient (Wildman–Crippen LogP) is 3.73. The minimum Gasteiger partial charge on any atom is -0.490 e. The second-order valence-corrected chi connectivity index (χ2v) is 7.26. The van der Waals surface area contributed by atoms with E-state index in [9.17, 15) is 4.79 Å². The van der Waals surface area contributed by atoms with Gasteiger partial charge < -0.3 is 9.64 Å². The summed E-state index contributed by atoms with van der Waals surface area (Å²) in [4.78, 5) is 27.5. The maximum atomic E-state index is 12.4. The average Bonchev–Trinajstić information content (AvgIpc) is 3.17. The van der Waals surface area contributed by atoms with Crippen LogP contribution >= 0.6 is 11.6 Å².